The molecule has 10 heteroatoms. The smallest absolute Gasteiger partial charge is 0.262 e. The van der Waals surface area contributed by atoms with Crippen molar-refractivity contribution in [1.29, 1.82) is 0 Å². The molecule has 1 N–H and O–H groups in total. The molecule has 2 aromatic rings. The minimum Gasteiger partial charge on any atom is -0.496 e. The largest absolute Gasteiger partial charge is 0.496 e. The van der Waals surface area contributed by atoms with Crippen molar-refractivity contribution in [2.75, 3.05) is 32.0 Å². The maximum atomic E-state index is 13.1. The number of nitrogens with one attached hydrogen (secondary N) is 1. The maximum absolute atomic E-state index is 13.1. The van der Waals surface area contributed by atoms with Crippen LogP contribution in [0.3, 0.4) is 0 Å². The van der Waals surface area contributed by atoms with Crippen LogP contribution >= 0.6 is 0 Å². The Morgan fingerprint density at radius 2 is 1.48 bits per heavy atom. The lowest BCUT2D eigenvalue weighted by Crippen LogP contribution is -2.35. The van der Waals surface area contributed by atoms with Gasteiger partial charge >= 0.3 is 0 Å². The predicted octanol–water partition coefficient (Wildman–Crippen LogP) is 3.30. The van der Waals surface area contributed by atoms with E-state index in [1.165, 1.54) is 42.8 Å². The molecule has 0 aliphatic carbocycles. The Labute approximate surface area is 184 Å². The first-order valence-corrected chi connectivity index (χ1v) is 12.9. The molecule has 0 bridgehead atoms. The standard InChI is InChI=1S/C21H28N2O6S2/c1-15-13-21(16(2)12-20(15)29-4)30(24,25)22-18-14-17(8-9-19(18)28-3)31(26,27)23-10-6-5-7-11-23/h8-9,12-14,22H,5-7,10-11H2,1-4H3. The van der Waals surface area contributed by atoms with Gasteiger partial charge in [-0.15, -0.1) is 0 Å². The van der Waals surface area contributed by atoms with Crippen LogP contribution in [-0.4, -0.2) is 48.4 Å². The van der Waals surface area contributed by atoms with Gasteiger partial charge in [-0.2, -0.15) is 4.31 Å². The number of rotatable bonds is 7. The number of hydrogen-bond donors (Lipinski definition) is 1. The number of sulfonamides is 2. The first-order valence-electron chi connectivity index (χ1n) is 9.96. The van der Waals surface area contributed by atoms with Crippen LogP contribution in [0.1, 0.15) is 30.4 Å². The van der Waals surface area contributed by atoms with Gasteiger partial charge in [-0.3, -0.25) is 4.72 Å². The van der Waals surface area contributed by atoms with Gasteiger partial charge in [-0.05, 0) is 68.1 Å². The van der Waals surface area contributed by atoms with E-state index in [4.69, 9.17) is 9.47 Å². The van der Waals surface area contributed by atoms with E-state index in [0.717, 1.165) is 19.3 Å². The topological polar surface area (TPSA) is 102 Å². The van der Waals surface area contributed by atoms with Crippen molar-refractivity contribution in [3.8, 4) is 11.5 Å². The van der Waals surface area contributed by atoms with Gasteiger partial charge in [0.05, 0.1) is 29.7 Å². The molecule has 0 saturated carbocycles. The summed E-state index contributed by atoms with van der Waals surface area (Å²) in [5.41, 5.74) is 1.24. The van der Waals surface area contributed by atoms with Crippen molar-refractivity contribution in [3.05, 3.63) is 41.5 Å². The Hall–Kier alpha value is -2.30. The van der Waals surface area contributed by atoms with Crippen molar-refractivity contribution < 1.29 is 26.3 Å². The van der Waals surface area contributed by atoms with E-state index in [9.17, 15) is 16.8 Å². The number of nitrogens with zero attached hydrogens (tertiary/aromatic N) is 1. The summed E-state index contributed by atoms with van der Waals surface area (Å²) in [7, 11) is -4.81. The van der Waals surface area contributed by atoms with Crippen LogP contribution in [0.15, 0.2) is 40.1 Å². The molecule has 0 spiro atoms. The number of methoxy groups -OCH3 is 2. The molecule has 2 aromatic carbocycles. The highest BCUT2D eigenvalue weighted by Crippen LogP contribution is 2.33. The minimum absolute atomic E-state index is 0.0236. The number of ether oxygens (including phenoxy) is 2. The predicted molar refractivity (Wildman–Crippen MR) is 119 cm³/mol. The van der Waals surface area contributed by atoms with E-state index in [1.807, 2.05) is 0 Å². The summed E-state index contributed by atoms with van der Waals surface area (Å²) >= 11 is 0. The molecule has 1 aliphatic rings. The van der Waals surface area contributed by atoms with Crippen LogP contribution in [-0.2, 0) is 20.0 Å². The highest BCUT2D eigenvalue weighted by Gasteiger charge is 2.28. The highest BCUT2D eigenvalue weighted by molar-refractivity contribution is 7.92. The van der Waals surface area contributed by atoms with E-state index < -0.39 is 20.0 Å². The fourth-order valence-corrected chi connectivity index (χ4v) is 6.57. The normalized spacial score (nSPS) is 15.5. The zero-order valence-electron chi connectivity index (χ0n) is 18.1. The first-order chi connectivity index (χ1) is 14.6. The summed E-state index contributed by atoms with van der Waals surface area (Å²) in [4.78, 5) is 0.104. The van der Waals surface area contributed by atoms with Crippen LogP contribution < -0.4 is 14.2 Å². The van der Waals surface area contributed by atoms with Gasteiger partial charge in [0, 0.05) is 13.1 Å². The monoisotopic (exact) mass is 468 g/mol. The molecular formula is C21H28N2O6S2. The molecule has 1 fully saturated rings. The third kappa shape index (κ3) is 4.81. The molecule has 8 nitrogen and oxygen atoms in total. The summed E-state index contributed by atoms with van der Waals surface area (Å²) in [5.74, 6) is 0.813. The average Bonchev–Trinajstić information content (AvgIpc) is 2.75. The second-order valence-electron chi connectivity index (χ2n) is 7.52. The summed E-state index contributed by atoms with van der Waals surface area (Å²) < 4.78 is 66.8. The van der Waals surface area contributed by atoms with Crippen LogP contribution in [0.4, 0.5) is 5.69 Å². The van der Waals surface area contributed by atoms with Crippen LogP contribution in [0.5, 0.6) is 11.5 Å². The molecule has 0 amide bonds. The Morgan fingerprint density at radius 1 is 0.839 bits per heavy atom. The third-order valence-corrected chi connectivity index (χ3v) is 8.75. The molecule has 31 heavy (non-hydrogen) atoms. The molecular weight excluding hydrogens is 440 g/mol. The van der Waals surface area contributed by atoms with Crippen molar-refractivity contribution in [2.24, 2.45) is 0 Å². The van der Waals surface area contributed by atoms with Gasteiger partial charge in [-0.25, -0.2) is 16.8 Å². The number of aryl methyl sites for hydroxylation is 2. The average molecular weight is 469 g/mol. The van der Waals surface area contributed by atoms with Gasteiger partial charge < -0.3 is 9.47 Å². The van der Waals surface area contributed by atoms with Crippen LogP contribution in [0, 0.1) is 13.8 Å². The number of anilines is 1. The summed E-state index contributed by atoms with van der Waals surface area (Å²) in [6.45, 7) is 4.34. The quantitative estimate of drug-likeness (QED) is 0.669. The van der Waals surface area contributed by atoms with E-state index in [2.05, 4.69) is 4.72 Å². The number of piperidine rings is 1. The minimum atomic E-state index is -4.01. The number of hydrogen-bond acceptors (Lipinski definition) is 6. The van der Waals surface area contributed by atoms with Gasteiger partial charge in [0.15, 0.2) is 0 Å². The van der Waals surface area contributed by atoms with Gasteiger partial charge in [-0.1, -0.05) is 6.42 Å². The lowest BCUT2D eigenvalue weighted by molar-refractivity contribution is 0.346. The lowest BCUT2D eigenvalue weighted by atomic mass is 10.1. The van der Waals surface area contributed by atoms with Gasteiger partial charge in [0.2, 0.25) is 10.0 Å². The fraction of sp³-hybridized carbons (Fsp3) is 0.429. The molecule has 0 atom stereocenters. The van der Waals surface area contributed by atoms with Crippen molar-refractivity contribution in [1.82, 2.24) is 4.31 Å². The van der Waals surface area contributed by atoms with E-state index in [0.29, 0.717) is 30.0 Å². The second-order valence-corrected chi connectivity index (χ2v) is 11.1. The number of benzene rings is 2. The second kappa shape index (κ2) is 9.05. The third-order valence-electron chi connectivity index (χ3n) is 5.35. The SMILES string of the molecule is COc1cc(C)c(S(=O)(=O)Nc2cc(S(=O)(=O)N3CCCCC3)ccc2OC)cc1C. The maximum Gasteiger partial charge on any atom is 0.262 e. The van der Waals surface area contributed by atoms with Crippen molar-refractivity contribution in [2.45, 2.75) is 42.9 Å². The Balaban J connectivity index is 2.01. The van der Waals surface area contributed by atoms with E-state index >= 15 is 0 Å². The van der Waals surface area contributed by atoms with Crippen molar-refractivity contribution >= 4 is 25.7 Å². The summed E-state index contributed by atoms with van der Waals surface area (Å²) in [6.07, 6.45) is 2.62. The molecule has 3 rings (SSSR count). The Bertz CT molecular complexity index is 1170. The zero-order valence-corrected chi connectivity index (χ0v) is 19.8. The Morgan fingerprint density at radius 3 is 2.10 bits per heavy atom. The summed E-state index contributed by atoms with van der Waals surface area (Å²) in [5, 5.41) is 0. The van der Waals surface area contributed by atoms with E-state index in [-0.39, 0.29) is 21.2 Å². The summed E-state index contributed by atoms with van der Waals surface area (Å²) in [6, 6.07) is 7.38. The Kier molecular flexibility index (Phi) is 6.82. The molecule has 1 saturated heterocycles. The fourth-order valence-electron chi connectivity index (χ4n) is 3.65. The molecule has 0 unspecified atom stereocenters. The molecule has 1 heterocycles. The highest BCUT2D eigenvalue weighted by atomic mass is 32.2. The van der Waals surface area contributed by atoms with Gasteiger partial charge in [0.1, 0.15) is 11.5 Å². The zero-order chi connectivity index (χ0) is 22.8. The molecule has 0 radical (unpaired) electrons. The van der Waals surface area contributed by atoms with Crippen molar-refractivity contribution in [3.63, 3.8) is 0 Å². The lowest BCUT2D eigenvalue weighted by Gasteiger charge is -2.26. The molecule has 170 valence electrons. The van der Waals surface area contributed by atoms with Gasteiger partial charge in [0.25, 0.3) is 10.0 Å². The van der Waals surface area contributed by atoms with Crippen LogP contribution in [0.2, 0.25) is 0 Å². The van der Waals surface area contributed by atoms with Crippen LogP contribution in [0.25, 0.3) is 0 Å². The molecule has 0 aromatic heterocycles. The van der Waals surface area contributed by atoms with E-state index in [1.54, 1.807) is 19.9 Å². The first kappa shape index (κ1) is 23.4. The molecule has 1 aliphatic heterocycles.